The highest BCUT2D eigenvalue weighted by molar-refractivity contribution is 7.89. The summed E-state index contributed by atoms with van der Waals surface area (Å²) in [5, 5.41) is 5.78. The van der Waals surface area contributed by atoms with Crippen molar-refractivity contribution < 1.29 is 17.6 Å². The molecular formula is C14H23N3O4S. The van der Waals surface area contributed by atoms with Crippen LogP contribution in [-0.4, -0.2) is 39.0 Å². The molecule has 22 heavy (non-hydrogen) atoms. The van der Waals surface area contributed by atoms with Gasteiger partial charge in [0, 0.05) is 18.1 Å². The lowest BCUT2D eigenvalue weighted by Gasteiger charge is -2.23. The maximum Gasteiger partial charge on any atom is 0.287 e. The maximum atomic E-state index is 12.1. The molecule has 0 unspecified atom stereocenters. The summed E-state index contributed by atoms with van der Waals surface area (Å²) >= 11 is 0. The van der Waals surface area contributed by atoms with Gasteiger partial charge in [-0.25, -0.2) is 13.1 Å². The molecule has 1 saturated heterocycles. The van der Waals surface area contributed by atoms with E-state index in [1.807, 2.05) is 0 Å². The van der Waals surface area contributed by atoms with Crippen molar-refractivity contribution in [3.63, 3.8) is 0 Å². The van der Waals surface area contributed by atoms with Crippen molar-refractivity contribution in [2.45, 2.75) is 50.3 Å². The van der Waals surface area contributed by atoms with Crippen molar-refractivity contribution >= 4 is 15.9 Å². The van der Waals surface area contributed by atoms with E-state index in [2.05, 4.69) is 15.4 Å². The van der Waals surface area contributed by atoms with Crippen LogP contribution in [-0.2, 0) is 10.0 Å². The molecule has 8 heteroatoms. The van der Waals surface area contributed by atoms with Gasteiger partial charge in [0.25, 0.3) is 15.9 Å². The SMILES string of the molecule is CC(C)(C)NS(=O)(=O)c1ccc(C(=O)N[C@H]2CCCNC2)o1. The summed E-state index contributed by atoms with van der Waals surface area (Å²) in [7, 11) is -3.77. The highest BCUT2D eigenvalue weighted by atomic mass is 32.2. The van der Waals surface area contributed by atoms with Gasteiger partial charge in [-0.15, -0.1) is 0 Å². The molecule has 0 aromatic carbocycles. The Balaban J connectivity index is 2.05. The first-order valence-electron chi connectivity index (χ1n) is 7.33. The number of carbonyl (C=O) groups is 1. The largest absolute Gasteiger partial charge is 0.438 e. The van der Waals surface area contributed by atoms with Crippen LogP contribution in [0.1, 0.15) is 44.2 Å². The molecule has 0 aliphatic carbocycles. The van der Waals surface area contributed by atoms with Crippen LogP contribution in [0.4, 0.5) is 0 Å². The Hall–Kier alpha value is -1.38. The van der Waals surface area contributed by atoms with Crippen molar-refractivity contribution in [3.8, 4) is 0 Å². The van der Waals surface area contributed by atoms with Crippen LogP contribution in [0.5, 0.6) is 0 Å². The summed E-state index contributed by atoms with van der Waals surface area (Å²) in [5.41, 5.74) is -0.623. The molecule has 1 atom stereocenters. The molecule has 124 valence electrons. The molecule has 7 nitrogen and oxygen atoms in total. The van der Waals surface area contributed by atoms with Crippen molar-refractivity contribution in [2.24, 2.45) is 0 Å². The molecule has 3 N–H and O–H groups in total. The average Bonchev–Trinajstić information content (AvgIpc) is 2.87. The average molecular weight is 329 g/mol. The fraction of sp³-hybridized carbons (Fsp3) is 0.643. The molecule has 1 fully saturated rings. The summed E-state index contributed by atoms with van der Waals surface area (Å²) in [6.45, 7) is 6.86. The number of rotatable bonds is 4. The smallest absolute Gasteiger partial charge is 0.287 e. The lowest BCUT2D eigenvalue weighted by atomic mass is 10.1. The van der Waals surface area contributed by atoms with Crippen LogP contribution in [0.15, 0.2) is 21.6 Å². The van der Waals surface area contributed by atoms with E-state index < -0.39 is 21.5 Å². The maximum absolute atomic E-state index is 12.1. The highest BCUT2D eigenvalue weighted by Crippen LogP contribution is 2.16. The lowest BCUT2D eigenvalue weighted by Crippen LogP contribution is -2.45. The van der Waals surface area contributed by atoms with Gasteiger partial charge in [-0.2, -0.15) is 0 Å². The molecule has 1 aliphatic heterocycles. The topological polar surface area (TPSA) is 100 Å². The second kappa shape index (κ2) is 6.39. The van der Waals surface area contributed by atoms with Gasteiger partial charge in [-0.05, 0) is 52.3 Å². The number of sulfonamides is 1. The Morgan fingerprint density at radius 1 is 1.36 bits per heavy atom. The molecule has 1 aliphatic rings. The number of amides is 1. The Labute approximate surface area is 130 Å². The van der Waals surface area contributed by atoms with E-state index in [-0.39, 0.29) is 16.9 Å². The standard InChI is InChI=1S/C14H23N3O4S/c1-14(2,3)17-22(19,20)12-7-6-11(21-12)13(18)16-10-5-4-8-15-9-10/h6-7,10,15,17H,4-5,8-9H2,1-3H3,(H,16,18)/t10-/m0/s1. The third-order valence-corrected chi connectivity index (χ3v) is 4.77. The van der Waals surface area contributed by atoms with Crippen LogP contribution < -0.4 is 15.4 Å². The zero-order chi connectivity index (χ0) is 16.4. The Morgan fingerprint density at radius 2 is 2.09 bits per heavy atom. The Kier molecular flexibility index (Phi) is 4.93. The number of hydrogen-bond acceptors (Lipinski definition) is 5. The lowest BCUT2D eigenvalue weighted by molar-refractivity contribution is 0.0897. The molecule has 2 heterocycles. The normalized spacial score (nSPS) is 19.9. The molecule has 2 rings (SSSR count). The summed E-state index contributed by atoms with van der Waals surface area (Å²) in [6, 6.07) is 2.71. The third kappa shape index (κ3) is 4.56. The van der Waals surface area contributed by atoms with Crippen molar-refractivity contribution in [1.82, 2.24) is 15.4 Å². The fourth-order valence-electron chi connectivity index (χ4n) is 2.27. The van der Waals surface area contributed by atoms with Gasteiger partial charge in [-0.1, -0.05) is 0 Å². The molecular weight excluding hydrogens is 306 g/mol. The number of carbonyl (C=O) groups excluding carboxylic acids is 1. The number of furan rings is 1. The third-order valence-electron chi connectivity index (χ3n) is 3.14. The number of hydrogen-bond donors (Lipinski definition) is 3. The van der Waals surface area contributed by atoms with Gasteiger partial charge in [0.15, 0.2) is 5.76 Å². The molecule has 0 bridgehead atoms. The molecule has 1 amide bonds. The van der Waals surface area contributed by atoms with Gasteiger partial charge >= 0.3 is 0 Å². The second-order valence-corrected chi connectivity index (χ2v) is 8.10. The predicted octanol–water partition coefficient (Wildman–Crippen LogP) is 0.838. The minimum Gasteiger partial charge on any atom is -0.438 e. The van der Waals surface area contributed by atoms with Gasteiger partial charge < -0.3 is 15.1 Å². The quantitative estimate of drug-likeness (QED) is 0.760. The highest BCUT2D eigenvalue weighted by Gasteiger charge is 2.26. The first-order chi connectivity index (χ1) is 10.2. The van der Waals surface area contributed by atoms with Crippen molar-refractivity contribution in [2.75, 3.05) is 13.1 Å². The van der Waals surface area contributed by atoms with E-state index in [4.69, 9.17) is 4.42 Å². The van der Waals surface area contributed by atoms with Crippen LogP contribution in [0.2, 0.25) is 0 Å². The van der Waals surface area contributed by atoms with Gasteiger partial charge in [0.2, 0.25) is 5.09 Å². The zero-order valence-electron chi connectivity index (χ0n) is 13.1. The summed E-state index contributed by atoms with van der Waals surface area (Å²) < 4.78 is 32.0. The van der Waals surface area contributed by atoms with Crippen molar-refractivity contribution in [3.05, 3.63) is 17.9 Å². The van der Waals surface area contributed by atoms with E-state index in [0.717, 1.165) is 19.4 Å². The molecule has 1 aromatic rings. The molecule has 1 aromatic heterocycles. The minimum absolute atomic E-state index is 0.000132. The zero-order valence-corrected chi connectivity index (χ0v) is 13.9. The minimum atomic E-state index is -3.77. The second-order valence-electron chi connectivity index (χ2n) is 6.49. The van der Waals surface area contributed by atoms with E-state index in [1.165, 1.54) is 12.1 Å². The fourth-order valence-corrected chi connectivity index (χ4v) is 3.62. The number of nitrogens with one attached hydrogen (secondary N) is 3. The van der Waals surface area contributed by atoms with Crippen LogP contribution >= 0.6 is 0 Å². The van der Waals surface area contributed by atoms with E-state index in [9.17, 15) is 13.2 Å². The van der Waals surface area contributed by atoms with Gasteiger partial charge in [-0.3, -0.25) is 4.79 Å². The van der Waals surface area contributed by atoms with Gasteiger partial charge in [0.1, 0.15) is 0 Å². The predicted molar refractivity (Wildman–Crippen MR) is 82.1 cm³/mol. The summed E-state index contributed by atoms with van der Waals surface area (Å²) in [5.74, 6) is -0.397. The van der Waals surface area contributed by atoms with Crippen LogP contribution in [0.3, 0.4) is 0 Å². The van der Waals surface area contributed by atoms with Crippen molar-refractivity contribution in [1.29, 1.82) is 0 Å². The molecule has 0 radical (unpaired) electrons. The first kappa shape index (κ1) is 17.0. The molecule has 0 spiro atoms. The Morgan fingerprint density at radius 3 is 2.68 bits per heavy atom. The summed E-state index contributed by atoms with van der Waals surface area (Å²) in [6.07, 6.45) is 1.90. The Bertz CT molecular complexity index is 625. The number of piperidine rings is 1. The van der Waals surface area contributed by atoms with Crippen LogP contribution in [0.25, 0.3) is 0 Å². The first-order valence-corrected chi connectivity index (χ1v) is 8.81. The van der Waals surface area contributed by atoms with E-state index in [1.54, 1.807) is 20.8 Å². The van der Waals surface area contributed by atoms with E-state index in [0.29, 0.717) is 6.54 Å². The monoisotopic (exact) mass is 329 g/mol. The van der Waals surface area contributed by atoms with E-state index >= 15 is 0 Å². The summed E-state index contributed by atoms with van der Waals surface area (Å²) in [4.78, 5) is 12.1. The molecule has 0 saturated carbocycles. The van der Waals surface area contributed by atoms with Crippen LogP contribution in [0, 0.1) is 0 Å². The van der Waals surface area contributed by atoms with Gasteiger partial charge in [0.05, 0.1) is 0 Å².